The molecular weight excluding hydrogens is 400 g/mol. The molecule has 1 saturated heterocycles. The lowest BCUT2D eigenvalue weighted by Gasteiger charge is -2.35. The molecule has 1 fully saturated rings. The highest BCUT2D eigenvalue weighted by molar-refractivity contribution is 5.99. The predicted octanol–water partition coefficient (Wildman–Crippen LogP) is 2.68. The minimum absolute atomic E-state index is 0.0636. The number of methoxy groups -OCH3 is 1. The summed E-state index contributed by atoms with van der Waals surface area (Å²) in [6.45, 7) is 6.14. The van der Waals surface area contributed by atoms with Crippen LogP contribution >= 0.6 is 0 Å². The van der Waals surface area contributed by atoms with E-state index in [4.69, 9.17) is 9.47 Å². The zero-order valence-corrected chi connectivity index (χ0v) is 18.1. The minimum Gasteiger partial charge on any atom is -0.493 e. The molecular formula is C22H28N4O5. The first-order valence-corrected chi connectivity index (χ1v) is 10.2. The molecule has 1 heterocycles. The number of ether oxygens (including phenoxy) is 2. The summed E-state index contributed by atoms with van der Waals surface area (Å²) in [5, 5.41) is 14.4. The number of amides is 1. The van der Waals surface area contributed by atoms with Crippen molar-refractivity contribution >= 4 is 17.3 Å². The topological polar surface area (TPSA) is 97.2 Å². The first kappa shape index (κ1) is 22.4. The Hall–Kier alpha value is -3.33. The van der Waals surface area contributed by atoms with Crippen LogP contribution in [0.25, 0.3) is 0 Å². The fourth-order valence-corrected chi connectivity index (χ4v) is 3.60. The number of likely N-dealkylation sites (N-methyl/N-ethyl adjacent to an activating group) is 1. The quantitative estimate of drug-likeness (QED) is 0.510. The standard InChI is InChI=1S/C22H28N4O5/c1-4-31-21-13-17(19(26(28)29)14-20(21)30-3)22(27)23-15-16-7-5-6-8-18(16)25-11-9-24(2)10-12-25/h5-8,13-14H,4,9-12,15H2,1-3H3,(H,23,27). The predicted molar refractivity (Wildman–Crippen MR) is 118 cm³/mol. The maximum atomic E-state index is 12.9. The molecule has 0 aromatic heterocycles. The van der Waals surface area contributed by atoms with Crippen molar-refractivity contribution in [3.05, 3.63) is 57.6 Å². The van der Waals surface area contributed by atoms with Crippen molar-refractivity contribution in [3.8, 4) is 11.5 Å². The van der Waals surface area contributed by atoms with E-state index < -0.39 is 10.8 Å². The second-order valence-electron chi connectivity index (χ2n) is 7.31. The third kappa shape index (κ3) is 5.24. The molecule has 0 unspecified atom stereocenters. The van der Waals surface area contributed by atoms with Crippen LogP contribution in [-0.2, 0) is 6.54 Å². The van der Waals surface area contributed by atoms with Gasteiger partial charge in [-0.1, -0.05) is 18.2 Å². The molecule has 0 saturated carbocycles. The van der Waals surface area contributed by atoms with Crippen LogP contribution in [0.1, 0.15) is 22.8 Å². The van der Waals surface area contributed by atoms with Crippen LogP contribution in [-0.4, -0.2) is 62.7 Å². The van der Waals surface area contributed by atoms with E-state index >= 15 is 0 Å². The number of nitro groups is 1. The Balaban J connectivity index is 1.81. The van der Waals surface area contributed by atoms with Crippen molar-refractivity contribution in [1.29, 1.82) is 0 Å². The summed E-state index contributed by atoms with van der Waals surface area (Å²) in [5.41, 5.74) is 1.63. The molecule has 9 heteroatoms. The molecule has 31 heavy (non-hydrogen) atoms. The van der Waals surface area contributed by atoms with Gasteiger partial charge < -0.3 is 24.6 Å². The largest absolute Gasteiger partial charge is 0.493 e. The number of nitro benzene ring substituents is 1. The number of hydrogen-bond donors (Lipinski definition) is 1. The lowest BCUT2D eigenvalue weighted by molar-refractivity contribution is -0.385. The van der Waals surface area contributed by atoms with Gasteiger partial charge in [-0.25, -0.2) is 0 Å². The third-order valence-corrected chi connectivity index (χ3v) is 5.30. The van der Waals surface area contributed by atoms with Crippen LogP contribution in [0, 0.1) is 10.1 Å². The monoisotopic (exact) mass is 428 g/mol. The number of nitrogens with zero attached hydrogens (tertiary/aromatic N) is 3. The van der Waals surface area contributed by atoms with Crippen LogP contribution < -0.4 is 19.7 Å². The molecule has 0 aliphatic carbocycles. The minimum atomic E-state index is -0.592. The number of nitrogens with one attached hydrogen (secondary N) is 1. The molecule has 9 nitrogen and oxygen atoms in total. The Kier molecular flexibility index (Phi) is 7.30. The first-order chi connectivity index (χ1) is 14.9. The average molecular weight is 428 g/mol. The Morgan fingerprint density at radius 3 is 2.52 bits per heavy atom. The molecule has 1 aliphatic heterocycles. The van der Waals surface area contributed by atoms with E-state index in [-0.39, 0.29) is 23.5 Å². The average Bonchev–Trinajstić information content (AvgIpc) is 2.78. The second kappa shape index (κ2) is 10.1. The van der Waals surface area contributed by atoms with Crippen molar-refractivity contribution in [1.82, 2.24) is 10.2 Å². The van der Waals surface area contributed by atoms with Crippen LogP contribution in [0.15, 0.2) is 36.4 Å². The molecule has 2 aromatic rings. The molecule has 0 spiro atoms. The van der Waals surface area contributed by atoms with Gasteiger partial charge in [-0.3, -0.25) is 14.9 Å². The van der Waals surface area contributed by atoms with Gasteiger partial charge in [0.2, 0.25) is 0 Å². The number of rotatable bonds is 8. The van der Waals surface area contributed by atoms with Crippen LogP contribution in [0.2, 0.25) is 0 Å². The Morgan fingerprint density at radius 2 is 1.87 bits per heavy atom. The lowest BCUT2D eigenvalue weighted by atomic mass is 10.1. The number of hydrogen-bond acceptors (Lipinski definition) is 7. The van der Waals surface area contributed by atoms with Crippen LogP contribution in [0.5, 0.6) is 11.5 Å². The van der Waals surface area contributed by atoms with E-state index in [9.17, 15) is 14.9 Å². The van der Waals surface area contributed by atoms with E-state index in [0.29, 0.717) is 12.4 Å². The van der Waals surface area contributed by atoms with Gasteiger partial charge in [0, 0.05) is 44.5 Å². The number of carbonyl (C=O) groups excluding carboxylic acids is 1. The van der Waals surface area contributed by atoms with Gasteiger partial charge >= 0.3 is 0 Å². The highest BCUT2D eigenvalue weighted by Crippen LogP contribution is 2.35. The van der Waals surface area contributed by atoms with Gasteiger partial charge in [-0.15, -0.1) is 0 Å². The summed E-state index contributed by atoms with van der Waals surface area (Å²) in [7, 11) is 3.50. The van der Waals surface area contributed by atoms with Gasteiger partial charge in [0.1, 0.15) is 5.56 Å². The van der Waals surface area contributed by atoms with Gasteiger partial charge in [-0.05, 0) is 25.6 Å². The zero-order valence-electron chi connectivity index (χ0n) is 18.1. The number of para-hydroxylation sites is 1. The molecule has 1 amide bonds. The molecule has 2 aromatic carbocycles. The van der Waals surface area contributed by atoms with E-state index in [0.717, 1.165) is 37.4 Å². The molecule has 0 bridgehead atoms. The van der Waals surface area contributed by atoms with E-state index in [1.165, 1.54) is 19.2 Å². The summed E-state index contributed by atoms with van der Waals surface area (Å²) < 4.78 is 10.7. The second-order valence-corrected chi connectivity index (χ2v) is 7.31. The lowest BCUT2D eigenvalue weighted by Crippen LogP contribution is -2.45. The van der Waals surface area contributed by atoms with Crippen LogP contribution in [0.4, 0.5) is 11.4 Å². The Bertz CT molecular complexity index is 941. The summed E-state index contributed by atoms with van der Waals surface area (Å²) in [5.74, 6) is -0.0346. The van der Waals surface area contributed by atoms with Gasteiger partial charge in [0.05, 0.1) is 24.7 Å². The summed E-state index contributed by atoms with van der Waals surface area (Å²) in [6.07, 6.45) is 0. The third-order valence-electron chi connectivity index (χ3n) is 5.30. The van der Waals surface area contributed by atoms with Crippen LogP contribution in [0.3, 0.4) is 0 Å². The van der Waals surface area contributed by atoms with Crippen molar-refractivity contribution < 1.29 is 19.2 Å². The molecule has 166 valence electrons. The number of benzene rings is 2. The van der Waals surface area contributed by atoms with E-state index in [1.807, 2.05) is 24.3 Å². The Morgan fingerprint density at radius 1 is 1.16 bits per heavy atom. The van der Waals surface area contributed by atoms with Gasteiger partial charge in [0.25, 0.3) is 11.6 Å². The van der Waals surface area contributed by atoms with Crippen molar-refractivity contribution in [2.45, 2.75) is 13.5 Å². The van der Waals surface area contributed by atoms with Crippen molar-refractivity contribution in [2.75, 3.05) is 51.8 Å². The smallest absolute Gasteiger partial charge is 0.286 e. The maximum absolute atomic E-state index is 12.9. The van der Waals surface area contributed by atoms with E-state index in [2.05, 4.69) is 22.2 Å². The SMILES string of the molecule is CCOc1cc(C(=O)NCc2ccccc2N2CCN(C)CC2)c([N+](=O)[O-])cc1OC. The highest BCUT2D eigenvalue weighted by atomic mass is 16.6. The molecule has 0 atom stereocenters. The van der Waals surface area contributed by atoms with Gasteiger partial charge in [0.15, 0.2) is 11.5 Å². The first-order valence-electron chi connectivity index (χ1n) is 10.2. The summed E-state index contributed by atoms with van der Waals surface area (Å²) >= 11 is 0. The molecule has 1 N–H and O–H groups in total. The van der Waals surface area contributed by atoms with Gasteiger partial charge in [-0.2, -0.15) is 0 Å². The molecule has 0 radical (unpaired) electrons. The van der Waals surface area contributed by atoms with E-state index in [1.54, 1.807) is 6.92 Å². The highest BCUT2D eigenvalue weighted by Gasteiger charge is 2.25. The normalized spacial score (nSPS) is 14.2. The molecule has 3 rings (SSSR count). The maximum Gasteiger partial charge on any atom is 0.286 e. The Labute approximate surface area is 181 Å². The fraction of sp³-hybridized carbons (Fsp3) is 0.409. The van der Waals surface area contributed by atoms with Crippen molar-refractivity contribution in [3.63, 3.8) is 0 Å². The zero-order chi connectivity index (χ0) is 22.4. The number of carbonyl (C=O) groups is 1. The summed E-state index contributed by atoms with van der Waals surface area (Å²) in [6, 6.07) is 10.5. The summed E-state index contributed by atoms with van der Waals surface area (Å²) in [4.78, 5) is 28.4. The molecule has 1 aliphatic rings. The van der Waals surface area contributed by atoms with Crippen molar-refractivity contribution in [2.24, 2.45) is 0 Å². The fourth-order valence-electron chi connectivity index (χ4n) is 3.60. The number of anilines is 1. The number of piperazine rings is 1.